The Hall–Kier alpha value is -1.85. The van der Waals surface area contributed by atoms with Crippen molar-refractivity contribution >= 4 is 17.9 Å². The van der Waals surface area contributed by atoms with Gasteiger partial charge in [-0.1, -0.05) is 6.92 Å². The summed E-state index contributed by atoms with van der Waals surface area (Å²) in [6.07, 6.45) is 2.72. The molecule has 2 aliphatic carbocycles. The average molecular weight is 352 g/mol. The van der Waals surface area contributed by atoms with Gasteiger partial charge in [0.25, 0.3) is 0 Å². The summed E-state index contributed by atoms with van der Waals surface area (Å²) in [7, 11) is 0. The molecule has 2 aliphatic rings. The molecule has 4 atom stereocenters. The second-order valence-electron chi connectivity index (χ2n) is 8.31. The van der Waals surface area contributed by atoms with Gasteiger partial charge in [-0.25, -0.2) is 0 Å². The quantitative estimate of drug-likeness (QED) is 0.573. The molecule has 0 amide bonds. The SMILES string of the molecule is CC(=O)OC1=CC[C@]2(C)[C@@H](OC(=O)C(C)(C)C)C[C@H](OC(C)=O)[C@H]2C1. The van der Waals surface area contributed by atoms with Crippen LogP contribution in [0.3, 0.4) is 0 Å². The lowest BCUT2D eigenvalue weighted by molar-refractivity contribution is -0.164. The van der Waals surface area contributed by atoms with Gasteiger partial charge in [0, 0.05) is 38.0 Å². The highest BCUT2D eigenvalue weighted by Gasteiger charge is 2.57. The Bertz CT molecular complexity index is 600. The third-order valence-electron chi connectivity index (χ3n) is 5.12. The van der Waals surface area contributed by atoms with Crippen LogP contribution in [0.2, 0.25) is 0 Å². The molecule has 2 rings (SSSR count). The topological polar surface area (TPSA) is 78.9 Å². The van der Waals surface area contributed by atoms with Crippen LogP contribution in [-0.2, 0) is 28.6 Å². The van der Waals surface area contributed by atoms with Gasteiger partial charge in [0.1, 0.15) is 18.0 Å². The summed E-state index contributed by atoms with van der Waals surface area (Å²) in [4.78, 5) is 35.1. The number of carbonyl (C=O) groups is 3. The van der Waals surface area contributed by atoms with Crippen molar-refractivity contribution in [3.8, 4) is 0 Å². The summed E-state index contributed by atoms with van der Waals surface area (Å²) in [5.41, 5.74) is -0.955. The number of fused-ring (bicyclic) bond motifs is 1. The van der Waals surface area contributed by atoms with E-state index in [2.05, 4.69) is 0 Å². The van der Waals surface area contributed by atoms with E-state index < -0.39 is 5.41 Å². The molecule has 140 valence electrons. The number of allylic oxidation sites excluding steroid dienone is 2. The molecule has 0 heterocycles. The minimum absolute atomic E-state index is 0.0616. The molecule has 0 unspecified atom stereocenters. The summed E-state index contributed by atoms with van der Waals surface area (Å²) >= 11 is 0. The molecule has 25 heavy (non-hydrogen) atoms. The molecule has 0 saturated heterocycles. The van der Waals surface area contributed by atoms with E-state index >= 15 is 0 Å². The van der Waals surface area contributed by atoms with Crippen LogP contribution in [0.15, 0.2) is 11.8 Å². The Balaban J connectivity index is 2.26. The number of hydrogen-bond donors (Lipinski definition) is 0. The highest BCUT2D eigenvalue weighted by atomic mass is 16.6. The van der Waals surface area contributed by atoms with Gasteiger partial charge >= 0.3 is 17.9 Å². The summed E-state index contributed by atoms with van der Waals surface area (Å²) < 4.78 is 16.6. The van der Waals surface area contributed by atoms with Crippen LogP contribution in [0.4, 0.5) is 0 Å². The maximum Gasteiger partial charge on any atom is 0.311 e. The van der Waals surface area contributed by atoms with E-state index in [4.69, 9.17) is 14.2 Å². The number of esters is 3. The lowest BCUT2D eigenvalue weighted by atomic mass is 9.70. The Morgan fingerprint density at radius 3 is 2.28 bits per heavy atom. The molecule has 0 aromatic carbocycles. The van der Waals surface area contributed by atoms with E-state index in [1.54, 1.807) is 0 Å². The van der Waals surface area contributed by atoms with Crippen molar-refractivity contribution < 1.29 is 28.6 Å². The summed E-state index contributed by atoms with van der Waals surface area (Å²) in [5.74, 6) is -0.467. The largest absolute Gasteiger partial charge is 0.462 e. The van der Waals surface area contributed by atoms with Gasteiger partial charge in [-0.05, 0) is 33.3 Å². The number of ether oxygens (including phenoxy) is 3. The van der Waals surface area contributed by atoms with E-state index in [-0.39, 0.29) is 41.4 Å². The highest BCUT2D eigenvalue weighted by molar-refractivity contribution is 5.75. The normalized spacial score (nSPS) is 31.6. The number of hydrogen-bond acceptors (Lipinski definition) is 6. The van der Waals surface area contributed by atoms with Gasteiger partial charge in [0.15, 0.2) is 0 Å². The minimum Gasteiger partial charge on any atom is -0.462 e. The summed E-state index contributed by atoms with van der Waals surface area (Å²) in [6, 6.07) is 0. The lowest BCUT2D eigenvalue weighted by Crippen LogP contribution is -2.40. The maximum atomic E-state index is 12.4. The molecular formula is C19H28O6. The molecule has 1 saturated carbocycles. The van der Waals surface area contributed by atoms with Crippen LogP contribution in [-0.4, -0.2) is 30.1 Å². The first-order chi connectivity index (χ1) is 11.4. The maximum absolute atomic E-state index is 12.4. The van der Waals surface area contributed by atoms with Crippen LogP contribution in [0, 0.1) is 16.7 Å². The van der Waals surface area contributed by atoms with E-state index in [0.717, 1.165) is 0 Å². The van der Waals surface area contributed by atoms with Crippen molar-refractivity contribution in [3.05, 3.63) is 11.8 Å². The molecule has 0 N–H and O–H groups in total. The molecule has 6 nitrogen and oxygen atoms in total. The third kappa shape index (κ3) is 4.22. The van der Waals surface area contributed by atoms with Gasteiger partial charge < -0.3 is 14.2 Å². The van der Waals surface area contributed by atoms with Crippen molar-refractivity contribution in [2.24, 2.45) is 16.7 Å². The fourth-order valence-electron chi connectivity index (χ4n) is 3.69. The van der Waals surface area contributed by atoms with Crippen LogP contribution in [0.1, 0.15) is 60.8 Å². The van der Waals surface area contributed by atoms with Crippen molar-refractivity contribution in [2.45, 2.75) is 73.0 Å². The molecule has 0 aromatic rings. The van der Waals surface area contributed by atoms with Crippen LogP contribution >= 0.6 is 0 Å². The van der Waals surface area contributed by atoms with Crippen molar-refractivity contribution in [3.63, 3.8) is 0 Å². The van der Waals surface area contributed by atoms with Crippen LogP contribution in [0.5, 0.6) is 0 Å². The standard InChI is InChI=1S/C19H28O6/c1-11(20)23-13-7-8-19(6)14(9-13)15(24-12(2)21)10-16(19)25-17(22)18(3,4)5/h7,14-16H,8-10H2,1-6H3/t14-,15+,16+,19+/m1/s1. The molecule has 6 heteroatoms. The van der Waals surface area contributed by atoms with E-state index in [0.29, 0.717) is 25.0 Å². The first kappa shape index (κ1) is 19.5. The zero-order valence-electron chi connectivity index (χ0n) is 15.9. The molecule has 0 aliphatic heterocycles. The predicted octanol–water partition coefficient (Wildman–Crippen LogP) is 3.14. The number of rotatable bonds is 3. The molecule has 1 fully saturated rings. The Labute approximate surface area is 148 Å². The molecule has 0 aromatic heterocycles. The van der Waals surface area contributed by atoms with Crippen molar-refractivity contribution in [1.82, 2.24) is 0 Å². The average Bonchev–Trinajstić information content (AvgIpc) is 2.70. The zero-order valence-corrected chi connectivity index (χ0v) is 15.9. The molecule has 0 radical (unpaired) electrons. The van der Waals surface area contributed by atoms with Gasteiger partial charge in [-0.15, -0.1) is 0 Å². The lowest BCUT2D eigenvalue weighted by Gasteiger charge is -2.39. The van der Waals surface area contributed by atoms with Gasteiger partial charge in [-0.3, -0.25) is 14.4 Å². The Morgan fingerprint density at radius 1 is 1.12 bits per heavy atom. The molecule has 0 spiro atoms. The minimum atomic E-state index is -0.598. The van der Waals surface area contributed by atoms with Gasteiger partial charge in [0.2, 0.25) is 0 Å². The smallest absolute Gasteiger partial charge is 0.311 e. The monoisotopic (exact) mass is 352 g/mol. The first-order valence-electron chi connectivity index (χ1n) is 8.69. The fraction of sp³-hybridized carbons (Fsp3) is 0.737. The second kappa shape index (κ2) is 6.81. The molecular weight excluding hydrogens is 324 g/mol. The van der Waals surface area contributed by atoms with E-state index in [9.17, 15) is 14.4 Å². The molecule has 0 bridgehead atoms. The van der Waals surface area contributed by atoms with E-state index in [1.165, 1.54) is 13.8 Å². The van der Waals surface area contributed by atoms with Crippen LogP contribution < -0.4 is 0 Å². The fourth-order valence-corrected chi connectivity index (χ4v) is 3.69. The van der Waals surface area contributed by atoms with Crippen molar-refractivity contribution in [1.29, 1.82) is 0 Å². The predicted molar refractivity (Wildman–Crippen MR) is 90.2 cm³/mol. The zero-order chi connectivity index (χ0) is 19.0. The van der Waals surface area contributed by atoms with Gasteiger partial charge in [0.05, 0.1) is 5.41 Å². The Kier molecular flexibility index (Phi) is 5.30. The first-order valence-corrected chi connectivity index (χ1v) is 8.69. The second-order valence-corrected chi connectivity index (χ2v) is 8.31. The van der Waals surface area contributed by atoms with Gasteiger partial charge in [-0.2, -0.15) is 0 Å². The van der Waals surface area contributed by atoms with Crippen LogP contribution in [0.25, 0.3) is 0 Å². The van der Waals surface area contributed by atoms with Crippen molar-refractivity contribution in [2.75, 3.05) is 0 Å². The Morgan fingerprint density at radius 2 is 1.76 bits per heavy atom. The van der Waals surface area contributed by atoms with E-state index in [1.807, 2.05) is 33.8 Å². The third-order valence-corrected chi connectivity index (χ3v) is 5.12. The summed E-state index contributed by atoms with van der Waals surface area (Å²) in [5, 5.41) is 0. The number of carbonyl (C=O) groups excluding carboxylic acids is 3. The summed E-state index contributed by atoms with van der Waals surface area (Å²) in [6.45, 7) is 10.2. The highest BCUT2D eigenvalue weighted by Crippen LogP contribution is 2.54.